The highest BCUT2D eigenvalue weighted by molar-refractivity contribution is 7.47. The summed E-state index contributed by atoms with van der Waals surface area (Å²) in [6.45, 7) is 12.0. The van der Waals surface area contributed by atoms with Crippen LogP contribution in [-0.2, 0) is 65.4 Å². The third kappa shape index (κ3) is 73.0. The molecule has 3 unspecified atom stereocenters. The van der Waals surface area contributed by atoms with Crippen LogP contribution in [0.1, 0.15) is 421 Å². The number of aliphatic hydroxyl groups excluding tert-OH is 1. The van der Waals surface area contributed by atoms with Crippen LogP contribution in [-0.4, -0.2) is 96.7 Å². The van der Waals surface area contributed by atoms with Gasteiger partial charge in [-0.15, -0.1) is 0 Å². The van der Waals surface area contributed by atoms with Crippen LogP contribution in [0.25, 0.3) is 0 Å². The molecule has 0 aromatic carbocycles. The fraction of sp³-hybridized carbons (Fsp3) is 0.951. The number of unbranched alkanes of at least 4 members (excludes halogenated alkanes) is 46. The Hall–Kier alpha value is -1.94. The number of rotatable bonds is 79. The van der Waals surface area contributed by atoms with Crippen molar-refractivity contribution < 1.29 is 80.2 Å². The van der Waals surface area contributed by atoms with Crippen molar-refractivity contribution in [2.75, 3.05) is 39.6 Å². The van der Waals surface area contributed by atoms with Crippen LogP contribution >= 0.6 is 15.6 Å². The maximum absolute atomic E-state index is 13.1. The minimum atomic E-state index is -4.96. The molecular weight excluding hydrogens is 1310 g/mol. The Kier molecular flexibility index (Phi) is 69.9. The average molecular weight is 1470 g/mol. The number of ether oxygens (including phenoxy) is 4. The molecule has 0 spiro atoms. The molecule has 0 aliphatic rings. The van der Waals surface area contributed by atoms with Crippen LogP contribution in [0.15, 0.2) is 0 Å². The van der Waals surface area contributed by atoms with E-state index in [2.05, 4.69) is 48.5 Å². The lowest BCUT2D eigenvalue weighted by molar-refractivity contribution is -0.161. The van der Waals surface area contributed by atoms with E-state index < -0.39 is 97.5 Å². The number of hydrogen-bond donors (Lipinski definition) is 3. The molecular formula is C81H158O17P2. The van der Waals surface area contributed by atoms with Crippen LogP contribution in [0.4, 0.5) is 0 Å². The first-order chi connectivity index (χ1) is 48.3. The van der Waals surface area contributed by atoms with Gasteiger partial charge in [-0.05, 0) is 43.4 Å². The van der Waals surface area contributed by atoms with E-state index in [1.165, 1.54) is 231 Å². The molecule has 0 radical (unpaired) electrons. The van der Waals surface area contributed by atoms with E-state index in [4.69, 9.17) is 37.0 Å². The van der Waals surface area contributed by atoms with Gasteiger partial charge in [-0.3, -0.25) is 37.3 Å². The van der Waals surface area contributed by atoms with Crippen LogP contribution in [0.5, 0.6) is 0 Å². The summed E-state index contributed by atoms with van der Waals surface area (Å²) >= 11 is 0. The molecule has 17 nitrogen and oxygen atoms in total. The van der Waals surface area contributed by atoms with E-state index in [-0.39, 0.29) is 25.7 Å². The van der Waals surface area contributed by atoms with Gasteiger partial charge in [-0.25, -0.2) is 9.13 Å². The molecule has 0 aromatic heterocycles. The molecule has 0 aliphatic carbocycles. The maximum Gasteiger partial charge on any atom is 0.472 e. The number of hydrogen-bond acceptors (Lipinski definition) is 15. The van der Waals surface area contributed by atoms with E-state index >= 15 is 0 Å². The summed E-state index contributed by atoms with van der Waals surface area (Å²) in [5.74, 6) is 0.245. The lowest BCUT2D eigenvalue weighted by atomic mass is 9.99. The summed E-state index contributed by atoms with van der Waals surface area (Å²) in [6, 6.07) is 0. The van der Waals surface area contributed by atoms with E-state index in [9.17, 15) is 43.2 Å². The van der Waals surface area contributed by atoms with Gasteiger partial charge in [-0.2, -0.15) is 0 Å². The number of esters is 4. The Morgan fingerprint density at radius 2 is 0.510 bits per heavy atom. The van der Waals surface area contributed by atoms with Crippen molar-refractivity contribution >= 4 is 39.5 Å². The largest absolute Gasteiger partial charge is 0.472 e. The topological polar surface area (TPSA) is 237 Å². The summed E-state index contributed by atoms with van der Waals surface area (Å²) < 4.78 is 68.8. The molecule has 3 N–H and O–H groups in total. The predicted octanol–water partition coefficient (Wildman–Crippen LogP) is 24.1. The Labute approximate surface area is 613 Å². The van der Waals surface area contributed by atoms with Gasteiger partial charge in [-0.1, -0.05) is 370 Å². The summed E-state index contributed by atoms with van der Waals surface area (Å²) in [4.78, 5) is 73.1. The molecule has 19 heteroatoms. The lowest BCUT2D eigenvalue weighted by Crippen LogP contribution is -2.30. The molecule has 0 saturated carbocycles. The molecule has 0 heterocycles. The molecule has 0 amide bonds. The van der Waals surface area contributed by atoms with Crippen LogP contribution < -0.4 is 0 Å². The van der Waals surface area contributed by atoms with Gasteiger partial charge in [0.15, 0.2) is 12.2 Å². The summed E-state index contributed by atoms with van der Waals surface area (Å²) in [5.41, 5.74) is 0. The Morgan fingerprint density at radius 1 is 0.290 bits per heavy atom. The van der Waals surface area contributed by atoms with Gasteiger partial charge in [0.1, 0.15) is 19.3 Å². The standard InChI is InChI=1S/C81H158O17P2/c1-8-10-11-12-13-14-15-16-17-18-22-27-34-41-48-55-62-78(83)91-68-76(97-80(85)64-57-50-43-35-28-23-20-19-21-26-33-40-47-54-61-74(7)9-2)70-95-99(87,88)93-66-75(82)67-94-100(89,90)96-71-77(69-92-79(84)63-56-49-42-37-30-32-39-46-53-60-73(5)6)98-81(86)65-58-51-44-36-29-24-25-31-38-45-52-59-72(3)4/h72-77,82H,8-71H2,1-7H3,(H,87,88)(H,89,90)/t74?,75-,76-,77-/m1/s1. The van der Waals surface area contributed by atoms with Gasteiger partial charge in [0, 0.05) is 25.7 Å². The van der Waals surface area contributed by atoms with Crippen molar-refractivity contribution in [3.05, 3.63) is 0 Å². The van der Waals surface area contributed by atoms with E-state index in [1.54, 1.807) is 0 Å². The summed E-state index contributed by atoms with van der Waals surface area (Å²) in [6.07, 6.45) is 59.5. The lowest BCUT2D eigenvalue weighted by Gasteiger charge is -2.21. The molecule has 6 atom stereocenters. The number of phosphoric ester groups is 2. The first-order valence-electron chi connectivity index (χ1n) is 41.9. The van der Waals surface area contributed by atoms with Crippen molar-refractivity contribution in [2.24, 2.45) is 17.8 Å². The van der Waals surface area contributed by atoms with Crippen LogP contribution in [0, 0.1) is 17.8 Å². The van der Waals surface area contributed by atoms with Gasteiger partial charge >= 0.3 is 39.5 Å². The predicted molar refractivity (Wildman–Crippen MR) is 409 cm³/mol. The highest BCUT2D eigenvalue weighted by Gasteiger charge is 2.30. The normalized spacial score (nSPS) is 14.2. The first-order valence-corrected chi connectivity index (χ1v) is 44.9. The zero-order chi connectivity index (χ0) is 73.7. The second kappa shape index (κ2) is 71.3. The van der Waals surface area contributed by atoms with E-state index in [0.29, 0.717) is 25.7 Å². The third-order valence-electron chi connectivity index (χ3n) is 19.2. The molecule has 0 rings (SSSR count). The second-order valence-corrected chi connectivity index (χ2v) is 33.3. The molecule has 0 fully saturated rings. The zero-order valence-corrected chi connectivity index (χ0v) is 67.5. The van der Waals surface area contributed by atoms with Gasteiger partial charge in [0.05, 0.1) is 26.4 Å². The Bertz CT molecular complexity index is 1940. The van der Waals surface area contributed by atoms with Crippen molar-refractivity contribution in [3.63, 3.8) is 0 Å². The first kappa shape index (κ1) is 98.1. The monoisotopic (exact) mass is 1470 g/mol. The average Bonchev–Trinajstić information content (AvgIpc) is 0.990. The van der Waals surface area contributed by atoms with Crippen molar-refractivity contribution in [1.29, 1.82) is 0 Å². The summed E-state index contributed by atoms with van der Waals surface area (Å²) in [5, 5.41) is 10.6. The van der Waals surface area contributed by atoms with Crippen molar-refractivity contribution in [3.8, 4) is 0 Å². The van der Waals surface area contributed by atoms with Gasteiger partial charge in [0.2, 0.25) is 0 Å². The second-order valence-electron chi connectivity index (χ2n) is 30.4. The molecule has 100 heavy (non-hydrogen) atoms. The number of carbonyl (C=O) groups excluding carboxylic acids is 4. The van der Waals surface area contributed by atoms with E-state index in [1.807, 2.05) is 0 Å². The summed E-state index contributed by atoms with van der Waals surface area (Å²) in [7, 11) is -9.92. The molecule has 0 saturated heterocycles. The molecule has 594 valence electrons. The number of carbonyl (C=O) groups is 4. The Balaban J connectivity index is 5.27. The SMILES string of the molecule is CCCCCCCCCCCCCCCCCCC(=O)OC[C@H](COP(=O)(O)OC[C@@H](O)COP(=O)(O)OC[C@@H](COC(=O)CCCCCCCCCCCC(C)C)OC(=O)CCCCCCCCCCCCCC(C)C)OC(=O)CCCCCCCCCCCCCCCCC(C)CC. The third-order valence-corrected chi connectivity index (χ3v) is 21.1. The Morgan fingerprint density at radius 3 is 0.760 bits per heavy atom. The maximum atomic E-state index is 13.1. The fourth-order valence-electron chi connectivity index (χ4n) is 12.5. The van der Waals surface area contributed by atoms with Gasteiger partial charge < -0.3 is 33.8 Å². The quantitative estimate of drug-likeness (QED) is 0.0222. The smallest absolute Gasteiger partial charge is 0.462 e. The molecule has 0 bridgehead atoms. The minimum Gasteiger partial charge on any atom is -0.462 e. The zero-order valence-electron chi connectivity index (χ0n) is 65.7. The highest BCUT2D eigenvalue weighted by atomic mass is 31.2. The molecule has 0 aromatic rings. The van der Waals surface area contributed by atoms with Crippen LogP contribution in [0.2, 0.25) is 0 Å². The number of aliphatic hydroxyl groups is 1. The fourth-order valence-corrected chi connectivity index (χ4v) is 14.0. The number of phosphoric acid groups is 2. The van der Waals surface area contributed by atoms with Crippen molar-refractivity contribution in [2.45, 2.75) is 439 Å². The van der Waals surface area contributed by atoms with Gasteiger partial charge in [0.25, 0.3) is 0 Å². The van der Waals surface area contributed by atoms with Crippen LogP contribution in [0.3, 0.4) is 0 Å². The minimum absolute atomic E-state index is 0.106. The molecule has 0 aliphatic heterocycles. The van der Waals surface area contributed by atoms with Crippen molar-refractivity contribution in [1.82, 2.24) is 0 Å². The van der Waals surface area contributed by atoms with E-state index in [0.717, 1.165) is 108 Å². The highest BCUT2D eigenvalue weighted by Crippen LogP contribution is 2.45.